The zero-order valence-corrected chi connectivity index (χ0v) is 15.2. The van der Waals surface area contributed by atoms with E-state index in [0.717, 1.165) is 22.8 Å². The summed E-state index contributed by atoms with van der Waals surface area (Å²) in [6.45, 7) is 1.98. The van der Waals surface area contributed by atoms with Gasteiger partial charge in [-0.1, -0.05) is 17.7 Å². The zero-order valence-electron chi connectivity index (χ0n) is 12.8. The van der Waals surface area contributed by atoms with Gasteiger partial charge in [0.25, 0.3) is 0 Å². The number of halogens is 1. The molecule has 1 N–H and O–H groups in total. The van der Waals surface area contributed by atoms with Crippen LogP contribution in [0.15, 0.2) is 41.1 Å². The highest BCUT2D eigenvalue weighted by Gasteiger charge is 2.30. The number of rotatable bonds is 2. The Morgan fingerprint density at radius 1 is 1.38 bits per heavy atom. The minimum Gasteiger partial charge on any atom is -0.310 e. The molecule has 1 amide bonds. The normalized spacial score (nSPS) is 17.2. The Morgan fingerprint density at radius 3 is 3.00 bits per heavy atom. The van der Waals surface area contributed by atoms with Gasteiger partial charge in [0.15, 0.2) is 0 Å². The highest BCUT2D eigenvalue weighted by Crippen LogP contribution is 2.44. The second-order valence-corrected chi connectivity index (χ2v) is 7.85. The van der Waals surface area contributed by atoms with Crippen LogP contribution in [0.25, 0.3) is 5.69 Å². The molecule has 24 heavy (non-hydrogen) atoms. The Morgan fingerprint density at radius 2 is 2.25 bits per heavy atom. The van der Waals surface area contributed by atoms with E-state index in [1.54, 1.807) is 27.8 Å². The number of nitrogens with zero attached hydrogens (tertiary/aromatic N) is 2. The minimum atomic E-state index is -0.0119. The lowest BCUT2D eigenvalue weighted by Gasteiger charge is -2.13. The molecule has 0 radical (unpaired) electrons. The number of hydrogen-bond acceptors (Lipinski definition) is 4. The maximum atomic E-state index is 12.2. The quantitative estimate of drug-likeness (QED) is 0.708. The lowest BCUT2D eigenvalue weighted by molar-refractivity contribution is -0.113. The fourth-order valence-electron chi connectivity index (χ4n) is 2.87. The van der Waals surface area contributed by atoms with Crippen molar-refractivity contribution in [3.63, 3.8) is 0 Å². The molecule has 1 atom stereocenters. The molecule has 0 bridgehead atoms. The topological polar surface area (TPSA) is 46.9 Å². The van der Waals surface area contributed by atoms with Gasteiger partial charge in [-0.3, -0.25) is 4.79 Å². The maximum Gasteiger partial charge on any atom is 0.235 e. The lowest BCUT2D eigenvalue weighted by atomic mass is 10.1. The summed E-state index contributed by atoms with van der Waals surface area (Å²) in [6, 6.07) is 9.59. The van der Waals surface area contributed by atoms with Crippen LogP contribution in [0.1, 0.15) is 22.1 Å². The Bertz CT molecular complexity index is 905. The second kappa shape index (κ2) is 6.27. The summed E-state index contributed by atoms with van der Waals surface area (Å²) >= 11 is 9.42. The van der Waals surface area contributed by atoms with Crippen molar-refractivity contribution < 1.29 is 4.79 Å². The van der Waals surface area contributed by atoms with Crippen LogP contribution in [0.2, 0.25) is 5.02 Å². The van der Waals surface area contributed by atoms with E-state index in [-0.39, 0.29) is 11.2 Å². The molecular formula is C17H14ClN3OS2. The molecule has 1 aliphatic rings. The average Bonchev–Trinajstić information content (AvgIpc) is 3.14. The summed E-state index contributed by atoms with van der Waals surface area (Å²) in [7, 11) is 0. The highest BCUT2D eigenvalue weighted by atomic mass is 35.5. The molecule has 3 heterocycles. The van der Waals surface area contributed by atoms with E-state index >= 15 is 0 Å². The van der Waals surface area contributed by atoms with Crippen molar-refractivity contribution in [3.8, 4) is 5.69 Å². The van der Waals surface area contributed by atoms with Gasteiger partial charge in [-0.15, -0.1) is 11.8 Å². The smallest absolute Gasteiger partial charge is 0.235 e. The molecule has 0 unspecified atom stereocenters. The van der Waals surface area contributed by atoms with Crippen molar-refractivity contribution in [2.75, 3.05) is 11.1 Å². The minimum absolute atomic E-state index is 0.0119. The van der Waals surface area contributed by atoms with Crippen LogP contribution in [0, 0.1) is 6.92 Å². The zero-order chi connectivity index (χ0) is 16.7. The molecule has 0 spiro atoms. The van der Waals surface area contributed by atoms with Crippen molar-refractivity contribution in [2.24, 2.45) is 0 Å². The first-order chi connectivity index (χ1) is 11.6. The van der Waals surface area contributed by atoms with Gasteiger partial charge in [-0.2, -0.15) is 16.4 Å². The van der Waals surface area contributed by atoms with Crippen LogP contribution in [0.5, 0.6) is 0 Å². The van der Waals surface area contributed by atoms with Crippen molar-refractivity contribution in [1.82, 2.24) is 9.78 Å². The van der Waals surface area contributed by atoms with E-state index in [9.17, 15) is 4.79 Å². The van der Waals surface area contributed by atoms with Crippen molar-refractivity contribution in [1.29, 1.82) is 0 Å². The molecule has 2 aromatic heterocycles. The van der Waals surface area contributed by atoms with E-state index in [1.165, 1.54) is 5.56 Å². The number of hydrogen-bond donors (Lipinski definition) is 1. The fraction of sp³-hybridized carbons (Fsp3) is 0.176. The van der Waals surface area contributed by atoms with Crippen LogP contribution in [0.3, 0.4) is 0 Å². The van der Waals surface area contributed by atoms with Gasteiger partial charge in [0.1, 0.15) is 5.82 Å². The molecule has 4 rings (SSSR count). The third-order valence-electron chi connectivity index (χ3n) is 3.91. The number of benzene rings is 1. The van der Waals surface area contributed by atoms with E-state index in [1.807, 2.05) is 31.2 Å². The molecule has 0 saturated carbocycles. The number of nitrogens with one attached hydrogen (secondary N) is 1. The van der Waals surface area contributed by atoms with Gasteiger partial charge in [-0.25, -0.2) is 4.68 Å². The average molecular weight is 376 g/mol. The number of anilines is 1. The Balaban J connectivity index is 1.91. The molecule has 3 aromatic rings. The molecular weight excluding hydrogens is 362 g/mol. The fourth-order valence-corrected chi connectivity index (χ4v) is 5.00. The molecule has 1 aromatic carbocycles. The van der Waals surface area contributed by atoms with Crippen LogP contribution in [-0.2, 0) is 4.79 Å². The van der Waals surface area contributed by atoms with E-state index < -0.39 is 0 Å². The predicted octanol–water partition coefficient (Wildman–Crippen LogP) is 4.67. The molecule has 0 saturated heterocycles. The third kappa shape index (κ3) is 2.75. The van der Waals surface area contributed by atoms with Crippen LogP contribution in [0.4, 0.5) is 5.82 Å². The summed E-state index contributed by atoms with van der Waals surface area (Å²) in [5, 5.41) is 12.6. The molecule has 0 aliphatic carbocycles. The standard InChI is InChI=1S/C17H14ClN3OS2/c1-10-15-16(11-5-6-23-8-11)24-9-14(22)19-17(15)21(20-10)13-4-2-3-12(18)7-13/h2-8,16H,9H2,1H3,(H,19,22)/t16-/m1/s1. The van der Waals surface area contributed by atoms with Gasteiger partial charge in [0.05, 0.1) is 22.4 Å². The van der Waals surface area contributed by atoms with Crippen LogP contribution >= 0.6 is 34.7 Å². The Kier molecular flexibility index (Phi) is 4.12. The monoisotopic (exact) mass is 375 g/mol. The van der Waals surface area contributed by atoms with Crippen LogP contribution in [-0.4, -0.2) is 21.4 Å². The Labute approximate surface area is 152 Å². The third-order valence-corrected chi connectivity index (χ3v) is 6.11. The molecule has 7 heteroatoms. The number of fused-ring (bicyclic) bond motifs is 1. The van der Waals surface area contributed by atoms with Crippen molar-refractivity contribution >= 4 is 46.4 Å². The van der Waals surface area contributed by atoms with Crippen molar-refractivity contribution in [3.05, 3.63) is 62.9 Å². The molecule has 1 aliphatic heterocycles. The molecule has 122 valence electrons. The number of thiophene rings is 1. The number of thioether (sulfide) groups is 1. The van der Waals surface area contributed by atoms with Gasteiger partial charge >= 0.3 is 0 Å². The van der Waals surface area contributed by atoms with Gasteiger partial charge in [0.2, 0.25) is 5.91 Å². The number of carbonyl (C=O) groups excluding carboxylic acids is 1. The maximum absolute atomic E-state index is 12.2. The van der Waals surface area contributed by atoms with Crippen molar-refractivity contribution in [2.45, 2.75) is 12.2 Å². The van der Waals surface area contributed by atoms with E-state index in [4.69, 9.17) is 11.6 Å². The van der Waals surface area contributed by atoms with E-state index in [2.05, 4.69) is 27.2 Å². The van der Waals surface area contributed by atoms with Gasteiger partial charge in [-0.05, 0) is 47.5 Å². The summed E-state index contributed by atoms with van der Waals surface area (Å²) in [5.74, 6) is 1.15. The summed E-state index contributed by atoms with van der Waals surface area (Å²) in [4.78, 5) is 12.2. The first kappa shape index (κ1) is 15.7. The predicted molar refractivity (Wildman–Crippen MR) is 101 cm³/mol. The number of carbonyl (C=O) groups is 1. The summed E-state index contributed by atoms with van der Waals surface area (Å²) in [6.07, 6.45) is 0. The van der Waals surface area contributed by atoms with E-state index in [0.29, 0.717) is 10.8 Å². The molecule has 0 fully saturated rings. The summed E-state index contributed by atoms with van der Waals surface area (Å²) in [5.41, 5.74) is 4.01. The highest BCUT2D eigenvalue weighted by molar-refractivity contribution is 8.00. The number of amides is 1. The first-order valence-electron chi connectivity index (χ1n) is 7.42. The first-order valence-corrected chi connectivity index (χ1v) is 9.79. The lowest BCUT2D eigenvalue weighted by Crippen LogP contribution is -2.15. The van der Waals surface area contributed by atoms with Gasteiger partial charge < -0.3 is 5.32 Å². The van der Waals surface area contributed by atoms with Gasteiger partial charge in [0, 0.05) is 10.6 Å². The summed E-state index contributed by atoms with van der Waals surface area (Å²) < 4.78 is 1.78. The second-order valence-electron chi connectivity index (χ2n) is 5.54. The van der Waals surface area contributed by atoms with Crippen LogP contribution < -0.4 is 5.32 Å². The Hall–Kier alpha value is -1.76. The number of aromatic nitrogens is 2. The SMILES string of the molecule is Cc1nn(-c2cccc(Cl)c2)c2c1[C@@H](c1ccsc1)SCC(=O)N2. The molecule has 4 nitrogen and oxygen atoms in total. The largest absolute Gasteiger partial charge is 0.310 e. The number of aryl methyl sites for hydroxylation is 1.